The van der Waals surface area contributed by atoms with Gasteiger partial charge in [-0.25, -0.2) is 12.8 Å². The number of methoxy groups -OCH3 is 1. The first-order valence-corrected chi connectivity index (χ1v) is 10.4. The molecule has 3 rings (SSSR count). The summed E-state index contributed by atoms with van der Waals surface area (Å²) in [6.45, 7) is 5.96. The number of pyridine rings is 1. The molecule has 0 fully saturated rings. The third kappa shape index (κ3) is 4.09. The van der Waals surface area contributed by atoms with Crippen molar-refractivity contribution in [2.24, 2.45) is 0 Å². The summed E-state index contributed by atoms with van der Waals surface area (Å²) in [6, 6.07) is 5.65. The largest absolute Gasteiger partial charge is 0.481 e. The third-order valence-corrected chi connectivity index (χ3v) is 6.05. The molecule has 7 nitrogen and oxygen atoms in total. The van der Waals surface area contributed by atoms with Crippen LogP contribution in [-0.2, 0) is 22.9 Å². The van der Waals surface area contributed by atoms with Gasteiger partial charge in [-0.15, -0.1) is 0 Å². The lowest BCUT2D eigenvalue weighted by Crippen LogP contribution is -2.35. The van der Waals surface area contributed by atoms with Gasteiger partial charge in [0.15, 0.2) is 11.6 Å². The Morgan fingerprint density at radius 3 is 2.79 bits per heavy atom. The summed E-state index contributed by atoms with van der Waals surface area (Å²) >= 11 is 0. The maximum Gasteiger partial charge on any atom is 0.263 e. The Hall–Kier alpha value is -2.94. The Balaban J connectivity index is 2.01. The summed E-state index contributed by atoms with van der Waals surface area (Å²) in [5, 5.41) is 0. The topological polar surface area (TPSA) is 88.6 Å². The molecule has 2 heterocycles. The van der Waals surface area contributed by atoms with Crippen LogP contribution in [0.25, 0.3) is 0 Å². The van der Waals surface area contributed by atoms with Crippen LogP contribution in [0.2, 0.25) is 0 Å². The number of carbonyl (C=O) groups excluding carboxylic acids is 1. The van der Waals surface area contributed by atoms with Gasteiger partial charge in [-0.1, -0.05) is 18.2 Å². The molecule has 0 unspecified atom stereocenters. The molecule has 0 aliphatic carbocycles. The molecule has 29 heavy (non-hydrogen) atoms. The molecular weight excluding hydrogens is 397 g/mol. The Morgan fingerprint density at radius 2 is 2.14 bits per heavy atom. The quantitative estimate of drug-likeness (QED) is 0.728. The maximum absolute atomic E-state index is 14.6. The highest BCUT2D eigenvalue weighted by Gasteiger charge is 2.29. The number of rotatable bonds is 6. The number of nitrogens with one attached hydrogen (secondary N) is 1. The first-order valence-electron chi connectivity index (χ1n) is 8.92. The van der Waals surface area contributed by atoms with Gasteiger partial charge in [0.05, 0.1) is 12.0 Å². The maximum atomic E-state index is 14.6. The van der Waals surface area contributed by atoms with E-state index >= 15 is 0 Å². The zero-order valence-corrected chi connectivity index (χ0v) is 17.3. The van der Waals surface area contributed by atoms with Crippen LogP contribution in [0.5, 0.6) is 5.88 Å². The molecule has 0 atom stereocenters. The molecular formula is C20H22FN3O4S. The van der Waals surface area contributed by atoms with E-state index in [0.29, 0.717) is 36.1 Å². The standard InChI is InChI=1S/C20H22FN3O4S/c1-12(2)10-13-11-16(21)18(22-19(13)28-4)23-29(26,27)17-7-5-6-15-14(17)8-9-24(3)20(15)25/h5-7,11H,1,8-10H2,2-4H3,(H,22,23). The van der Waals surface area contributed by atoms with Crippen molar-refractivity contribution in [2.45, 2.75) is 24.7 Å². The summed E-state index contributed by atoms with van der Waals surface area (Å²) in [7, 11) is -1.15. The Labute approximate surface area is 169 Å². The molecule has 9 heteroatoms. The van der Waals surface area contributed by atoms with E-state index in [1.165, 1.54) is 30.2 Å². The number of anilines is 1. The van der Waals surface area contributed by atoms with Gasteiger partial charge < -0.3 is 9.64 Å². The highest BCUT2D eigenvalue weighted by Crippen LogP contribution is 2.29. The predicted octanol–water partition coefficient (Wildman–Crippen LogP) is 2.78. The number of carbonyl (C=O) groups is 1. The normalized spacial score (nSPS) is 13.8. The number of sulfonamides is 1. The minimum Gasteiger partial charge on any atom is -0.481 e. The predicted molar refractivity (Wildman–Crippen MR) is 107 cm³/mol. The Morgan fingerprint density at radius 1 is 1.41 bits per heavy atom. The second-order valence-corrected chi connectivity index (χ2v) is 8.64. The first-order chi connectivity index (χ1) is 13.6. The second-order valence-electron chi connectivity index (χ2n) is 6.99. The minimum atomic E-state index is -4.18. The number of fused-ring (bicyclic) bond motifs is 1. The van der Waals surface area contributed by atoms with E-state index in [1.807, 2.05) is 0 Å². The van der Waals surface area contributed by atoms with Gasteiger partial charge in [0, 0.05) is 24.7 Å². The number of ether oxygens (including phenoxy) is 1. The second kappa shape index (κ2) is 7.82. The fourth-order valence-corrected chi connectivity index (χ4v) is 4.56. The summed E-state index contributed by atoms with van der Waals surface area (Å²) in [5.74, 6) is -1.44. The van der Waals surface area contributed by atoms with Gasteiger partial charge in [0.25, 0.3) is 15.9 Å². The van der Waals surface area contributed by atoms with Crippen molar-refractivity contribution in [2.75, 3.05) is 25.4 Å². The number of hydrogen-bond acceptors (Lipinski definition) is 5. The van der Waals surface area contributed by atoms with Crippen LogP contribution in [0.15, 0.2) is 41.3 Å². The number of nitrogens with zero attached hydrogens (tertiary/aromatic N) is 2. The van der Waals surface area contributed by atoms with Gasteiger partial charge in [0.2, 0.25) is 5.88 Å². The van der Waals surface area contributed by atoms with Crippen LogP contribution < -0.4 is 9.46 Å². The number of halogens is 1. The van der Waals surface area contributed by atoms with Crippen LogP contribution in [0.1, 0.15) is 28.4 Å². The molecule has 0 saturated heterocycles. The van der Waals surface area contributed by atoms with Crippen LogP contribution in [-0.4, -0.2) is 44.9 Å². The van der Waals surface area contributed by atoms with Crippen molar-refractivity contribution in [3.8, 4) is 5.88 Å². The SMILES string of the molecule is C=C(C)Cc1cc(F)c(NS(=O)(=O)c2cccc3c2CCN(C)C3=O)nc1OC. The zero-order chi connectivity index (χ0) is 21.3. The molecule has 1 aliphatic rings. The zero-order valence-electron chi connectivity index (χ0n) is 16.5. The Bertz CT molecular complexity index is 1100. The molecule has 0 spiro atoms. The Kier molecular flexibility index (Phi) is 5.61. The lowest BCUT2D eigenvalue weighted by Gasteiger charge is -2.26. The number of hydrogen-bond donors (Lipinski definition) is 1. The molecule has 1 amide bonds. The molecule has 0 radical (unpaired) electrons. The van der Waals surface area contributed by atoms with E-state index in [1.54, 1.807) is 20.0 Å². The fraction of sp³-hybridized carbons (Fsp3) is 0.300. The summed E-state index contributed by atoms with van der Waals surface area (Å²) in [6.07, 6.45) is 0.730. The molecule has 154 valence electrons. The summed E-state index contributed by atoms with van der Waals surface area (Å²) in [5.41, 5.74) is 1.98. The fourth-order valence-electron chi connectivity index (χ4n) is 3.25. The molecule has 2 aromatic rings. The van der Waals surface area contributed by atoms with E-state index in [0.717, 1.165) is 5.57 Å². The van der Waals surface area contributed by atoms with E-state index in [-0.39, 0.29) is 16.7 Å². The molecule has 0 saturated carbocycles. The monoisotopic (exact) mass is 419 g/mol. The minimum absolute atomic E-state index is 0.0670. The molecule has 1 N–H and O–H groups in total. The van der Waals surface area contributed by atoms with Gasteiger partial charge in [0.1, 0.15) is 0 Å². The lowest BCUT2D eigenvalue weighted by atomic mass is 9.99. The molecule has 1 aliphatic heterocycles. The third-order valence-electron chi connectivity index (χ3n) is 4.63. The summed E-state index contributed by atoms with van der Waals surface area (Å²) < 4.78 is 47.9. The van der Waals surface area contributed by atoms with Crippen molar-refractivity contribution in [1.82, 2.24) is 9.88 Å². The van der Waals surface area contributed by atoms with Crippen LogP contribution in [0, 0.1) is 5.82 Å². The number of amides is 1. The van der Waals surface area contributed by atoms with E-state index in [9.17, 15) is 17.6 Å². The van der Waals surface area contributed by atoms with Crippen molar-refractivity contribution < 1.29 is 22.3 Å². The van der Waals surface area contributed by atoms with Gasteiger partial charge in [-0.3, -0.25) is 9.52 Å². The van der Waals surface area contributed by atoms with Crippen molar-refractivity contribution in [1.29, 1.82) is 0 Å². The highest BCUT2D eigenvalue weighted by atomic mass is 32.2. The number of aromatic nitrogens is 1. The smallest absolute Gasteiger partial charge is 0.263 e. The van der Waals surface area contributed by atoms with E-state index < -0.39 is 21.7 Å². The van der Waals surface area contributed by atoms with E-state index in [2.05, 4.69) is 16.3 Å². The number of benzene rings is 1. The first kappa shape index (κ1) is 20.8. The van der Waals surface area contributed by atoms with Gasteiger partial charge >= 0.3 is 0 Å². The van der Waals surface area contributed by atoms with Crippen LogP contribution in [0.4, 0.5) is 10.2 Å². The van der Waals surface area contributed by atoms with Crippen molar-refractivity contribution in [3.05, 3.63) is 58.9 Å². The summed E-state index contributed by atoms with van der Waals surface area (Å²) in [4.78, 5) is 17.8. The molecule has 1 aromatic carbocycles. The van der Waals surface area contributed by atoms with Gasteiger partial charge in [-0.2, -0.15) is 4.98 Å². The highest BCUT2D eigenvalue weighted by molar-refractivity contribution is 7.92. The average Bonchev–Trinajstić information content (AvgIpc) is 2.66. The van der Waals surface area contributed by atoms with Gasteiger partial charge in [-0.05, 0) is 43.5 Å². The number of allylic oxidation sites excluding steroid dienone is 1. The molecule has 1 aromatic heterocycles. The van der Waals surface area contributed by atoms with E-state index in [4.69, 9.17) is 4.74 Å². The lowest BCUT2D eigenvalue weighted by molar-refractivity contribution is 0.0780. The molecule has 0 bridgehead atoms. The number of likely N-dealkylation sites (N-methyl/N-ethyl adjacent to an activating group) is 1. The van der Waals surface area contributed by atoms with Crippen molar-refractivity contribution in [3.63, 3.8) is 0 Å². The van der Waals surface area contributed by atoms with Crippen LogP contribution in [0.3, 0.4) is 0 Å². The van der Waals surface area contributed by atoms with Crippen molar-refractivity contribution >= 4 is 21.7 Å². The van der Waals surface area contributed by atoms with Crippen LogP contribution >= 0.6 is 0 Å². The average molecular weight is 419 g/mol.